The largest absolute Gasteiger partial charge is 0.316 e. The average molecular weight is 353 g/mol. The highest BCUT2D eigenvalue weighted by Crippen LogP contribution is 2.30. The van der Waals surface area contributed by atoms with Crippen molar-refractivity contribution in [2.75, 3.05) is 11.8 Å². The smallest absolute Gasteiger partial charge is 0.265 e. The minimum Gasteiger partial charge on any atom is -0.316 e. The molecule has 108 valence electrons. The minimum atomic E-state index is -3.86. The zero-order chi connectivity index (χ0) is 14.8. The van der Waals surface area contributed by atoms with Crippen LogP contribution in [0.25, 0.3) is 0 Å². The van der Waals surface area contributed by atoms with Crippen molar-refractivity contribution in [2.45, 2.75) is 11.4 Å². The summed E-state index contributed by atoms with van der Waals surface area (Å²) in [7, 11) is -2.14. The number of aromatic nitrogens is 2. The van der Waals surface area contributed by atoms with Crippen molar-refractivity contribution in [3.8, 4) is 0 Å². The van der Waals surface area contributed by atoms with Crippen molar-refractivity contribution in [1.82, 2.24) is 15.5 Å². The monoisotopic (exact) mass is 352 g/mol. The molecule has 0 aliphatic heterocycles. The van der Waals surface area contributed by atoms with E-state index < -0.39 is 10.0 Å². The highest BCUT2D eigenvalue weighted by molar-refractivity contribution is 7.93. The van der Waals surface area contributed by atoms with Crippen LogP contribution >= 0.6 is 34.5 Å². The molecule has 2 N–H and O–H groups in total. The fourth-order valence-electron chi connectivity index (χ4n) is 1.52. The van der Waals surface area contributed by atoms with Gasteiger partial charge in [-0.1, -0.05) is 34.5 Å². The Bertz CT molecular complexity index is 704. The summed E-state index contributed by atoms with van der Waals surface area (Å²) in [6, 6.07) is 2.91. The average Bonchev–Trinajstić information content (AvgIpc) is 2.85. The molecule has 1 aromatic heterocycles. The van der Waals surface area contributed by atoms with Crippen molar-refractivity contribution < 1.29 is 8.42 Å². The molecule has 0 radical (unpaired) electrons. The van der Waals surface area contributed by atoms with Gasteiger partial charge in [0.2, 0.25) is 5.13 Å². The van der Waals surface area contributed by atoms with E-state index in [1.165, 1.54) is 11.6 Å². The molecule has 0 amide bonds. The number of benzene rings is 1. The van der Waals surface area contributed by atoms with Gasteiger partial charge in [-0.15, -0.1) is 10.2 Å². The Hall–Kier alpha value is -0.930. The van der Waals surface area contributed by atoms with Gasteiger partial charge in [0.05, 0.1) is 5.02 Å². The molecule has 0 aliphatic rings. The van der Waals surface area contributed by atoms with Crippen molar-refractivity contribution in [2.24, 2.45) is 0 Å². The third-order valence-corrected chi connectivity index (χ3v) is 5.19. The second kappa shape index (κ2) is 6.23. The molecule has 6 nitrogen and oxygen atoms in total. The maximum absolute atomic E-state index is 12.3. The van der Waals surface area contributed by atoms with Gasteiger partial charge in [-0.2, -0.15) is 0 Å². The molecule has 10 heteroatoms. The van der Waals surface area contributed by atoms with Crippen LogP contribution in [0.1, 0.15) is 5.56 Å². The van der Waals surface area contributed by atoms with Crippen LogP contribution in [-0.2, 0) is 16.6 Å². The molecule has 1 heterocycles. The van der Waals surface area contributed by atoms with Crippen LogP contribution in [0, 0.1) is 0 Å². The number of halogens is 2. The van der Waals surface area contributed by atoms with E-state index in [4.69, 9.17) is 23.2 Å². The SMILES string of the molecule is CNCc1cc(Cl)cc(S(=O)(=O)Nc2nncs2)c1Cl. The highest BCUT2D eigenvalue weighted by Gasteiger charge is 2.22. The zero-order valence-electron chi connectivity index (χ0n) is 10.2. The van der Waals surface area contributed by atoms with Crippen LogP contribution in [0.15, 0.2) is 22.5 Å². The van der Waals surface area contributed by atoms with E-state index in [1.54, 1.807) is 13.1 Å². The molecule has 2 rings (SSSR count). The van der Waals surface area contributed by atoms with Crippen LogP contribution in [0.3, 0.4) is 0 Å². The number of sulfonamides is 1. The van der Waals surface area contributed by atoms with Crippen molar-refractivity contribution in [3.63, 3.8) is 0 Å². The quantitative estimate of drug-likeness (QED) is 0.862. The standard InChI is InChI=1S/C10H10Cl2N4O2S2/c1-13-4-6-2-7(11)3-8(9(6)12)20(17,18)16-10-15-14-5-19-10/h2-3,5,13H,4H2,1H3,(H,15,16). The Labute approximate surface area is 130 Å². The lowest BCUT2D eigenvalue weighted by molar-refractivity contribution is 0.601. The van der Waals surface area contributed by atoms with Crippen LogP contribution in [0.5, 0.6) is 0 Å². The molecule has 20 heavy (non-hydrogen) atoms. The summed E-state index contributed by atoms with van der Waals surface area (Å²) in [5.41, 5.74) is 2.02. The van der Waals surface area contributed by atoms with Crippen molar-refractivity contribution in [1.29, 1.82) is 0 Å². The summed E-state index contributed by atoms with van der Waals surface area (Å²) in [6.45, 7) is 0.403. The summed E-state index contributed by atoms with van der Waals surface area (Å²) in [5, 5.41) is 10.7. The van der Waals surface area contributed by atoms with Crippen LogP contribution in [-0.4, -0.2) is 25.7 Å². The van der Waals surface area contributed by atoms with E-state index in [-0.39, 0.29) is 20.1 Å². The van der Waals surface area contributed by atoms with Gasteiger partial charge < -0.3 is 5.32 Å². The number of nitrogens with one attached hydrogen (secondary N) is 2. The van der Waals surface area contributed by atoms with E-state index in [9.17, 15) is 8.42 Å². The zero-order valence-corrected chi connectivity index (χ0v) is 13.4. The Morgan fingerprint density at radius 3 is 2.70 bits per heavy atom. The minimum absolute atomic E-state index is 0.0906. The maximum atomic E-state index is 12.3. The number of nitrogens with zero attached hydrogens (tertiary/aromatic N) is 2. The predicted octanol–water partition coefficient (Wildman–Crippen LogP) is 2.37. The van der Waals surface area contributed by atoms with E-state index in [0.717, 1.165) is 11.3 Å². The Morgan fingerprint density at radius 1 is 1.35 bits per heavy atom. The Balaban J connectivity index is 2.45. The molecular weight excluding hydrogens is 343 g/mol. The number of hydrogen-bond donors (Lipinski definition) is 2. The molecule has 0 unspecified atom stereocenters. The molecule has 2 aromatic rings. The van der Waals surface area contributed by atoms with E-state index >= 15 is 0 Å². The topological polar surface area (TPSA) is 84.0 Å². The van der Waals surface area contributed by atoms with Crippen molar-refractivity contribution >= 4 is 49.7 Å². The van der Waals surface area contributed by atoms with Gasteiger partial charge >= 0.3 is 0 Å². The molecule has 0 bridgehead atoms. The molecule has 0 spiro atoms. The van der Waals surface area contributed by atoms with E-state index in [0.29, 0.717) is 12.1 Å². The normalized spacial score (nSPS) is 11.6. The van der Waals surface area contributed by atoms with Gasteiger partial charge in [0.1, 0.15) is 10.4 Å². The number of anilines is 1. The molecule has 0 atom stereocenters. The first-order chi connectivity index (χ1) is 9.44. The molecule has 1 aromatic carbocycles. The van der Waals surface area contributed by atoms with Crippen LogP contribution < -0.4 is 10.0 Å². The third kappa shape index (κ3) is 3.39. The highest BCUT2D eigenvalue weighted by atomic mass is 35.5. The molecule has 0 aliphatic carbocycles. The third-order valence-electron chi connectivity index (χ3n) is 2.32. The van der Waals surface area contributed by atoms with E-state index in [1.807, 2.05) is 0 Å². The van der Waals surface area contributed by atoms with E-state index in [2.05, 4.69) is 20.2 Å². The first-order valence-electron chi connectivity index (χ1n) is 5.35. The van der Waals surface area contributed by atoms with Gasteiger partial charge in [0.15, 0.2) is 0 Å². The molecule has 0 saturated carbocycles. The first kappa shape index (κ1) is 15.5. The summed E-state index contributed by atoms with van der Waals surface area (Å²) in [5.74, 6) is 0. The first-order valence-corrected chi connectivity index (χ1v) is 8.47. The predicted molar refractivity (Wildman–Crippen MR) is 79.9 cm³/mol. The van der Waals surface area contributed by atoms with Gasteiger partial charge in [-0.25, -0.2) is 8.42 Å². The van der Waals surface area contributed by atoms with Gasteiger partial charge in [-0.3, -0.25) is 4.72 Å². The summed E-state index contributed by atoms with van der Waals surface area (Å²) >= 11 is 13.1. The number of rotatable bonds is 5. The lowest BCUT2D eigenvalue weighted by atomic mass is 10.2. The molecular formula is C10H10Cl2N4O2S2. The molecule has 0 fully saturated rings. The lowest BCUT2D eigenvalue weighted by Gasteiger charge is -2.11. The van der Waals surface area contributed by atoms with Gasteiger partial charge in [0, 0.05) is 11.6 Å². The lowest BCUT2D eigenvalue weighted by Crippen LogP contribution is -2.15. The maximum Gasteiger partial charge on any atom is 0.265 e. The second-order valence-corrected chi connectivity index (χ2v) is 7.06. The van der Waals surface area contributed by atoms with Gasteiger partial charge in [-0.05, 0) is 24.7 Å². The second-order valence-electron chi connectivity index (χ2n) is 3.76. The summed E-state index contributed by atoms with van der Waals surface area (Å²) in [6.07, 6.45) is 0. The molecule has 0 saturated heterocycles. The number of hydrogen-bond acceptors (Lipinski definition) is 6. The summed E-state index contributed by atoms with van der Waals surface area (Å²) < 4.78 is 26.9. The Kier molecular flexibility index (Phi) is 4.82. The Morgan fingerprint density at radius 2 is 2.10 bits per heavy atom. The fraction of sp³-hybridized carbons (Fsp3) is 0.200. The van der Waals surface area contributed by atoms with Crippen LogP contribution in [0.2, 0.25) is 10.0 Å². The van der Waals surface area contributed by atoms with Gasteiger partial charge in [0.25, 0.3) is 10.0 Å². The van der Waals surface area contributed by atoms with Crippen molar-refractivity contribution in [3.05, 3.63) is 33.3 Å². The summed E-state index contributed by atoms with van der Waals surface area (Å²) in [4.78, 5) is -0.0906. The van der Waals surface area contributed by atoms with Crippen LogP contribution in [0.4, 0.5) is 5.13 Å². The fourth-order valence-corrected chi connectivity index (χ4v) is 4.15.